The van der Waals surface area contributed by atoms with Crippen molar-refractivity contribution in [3.05, 3.63) is 77.9 Å². The summed E-state index contributed by atoms with van der Waals surface area (Å²) in [5, 5.41) is 42.5. The number of nitrogens with two attached hydrogens (primary N) is 1. The van der Waals surface area contributed by atoms with Crippen LogP contribution in [0, 0.1) is 11.8 Å². The fraction of sp³-hybridized carbons (Fsp3) is 0.603. The van der Waals surface area contributed by atoms with Crippen LogP contribution in [-0.4, -0.2) is 194 Å². The van der Waals surface area contributed by atoms with Gasteiger partial charge >= 0.3 is 24.1 Å². The van der Waals surface area contributed by atoms with Gasteiger partial charge in [0, 0.05) is 82.2 Å². The zero-order valence-electron chi connectivity index (χ0n) is 52.8. The van der Waals surface area contributed by atoms with Crippen molar-refractivity contribution >= 4 is 71.2 Å². The molecule has 0 saturated carbocycles. The summed E-state index contributed by atoms with van der Waals surface area (Å²) in [6.07, 6.45) is 6.42. The Morgan fingerprint density at radius 2 is 1.49 bits per heavy atom. The molecule has 27 nitrogen and oxygen atoms in total. The van der Waals surface area contributed by atoms with E-state index in [1.807, 2.05) is 13.8 Å². The minimum atomic E-state index is -1.51. The van der Waals surface area contributed by atoms with E-state index in [1.54, 1.807) is 70.2 Å². The standard InChI is InChI=1S/C63H90N8O19/c1-10-47(74)39(4)56-48(87-56)35-62(8,85)26-14-15-37(2)55-38(3)17-22-49(63(9,90-42(7)72)27-25-45(73)33-54(79)89-55)88-61(84)70-31-29-69(30-32-70)60(83)86-36-43-18-20-44(21-19-43)67-59(82)46(34-50(64)75)68-58(81)41(6)66-57(80)40(5)65-51(76)16-12-11-13-28-71-52(77)23-24-53(71)78/h14-15,17-24,26,38-41,45-49,55-56,73-74,85H,10-13,16,25,27-36H2,1-9H3,(H2,64,75)(H,65,76)(H,66,80)(H,67,82)(H,68,81)/b22-17+,26-14+,37-15+/t38-,39?,40?,41?,45+,46?,47?,48+,49-,55+,56+,62?,63+/m0/s1. The van der Waals surface area contributed by atoms with E-state index in [2.05, 4.69) is 21.3 Å². The van der Waals surface area contributed by atoms with Gasteiger partial charge in [0.1, 0.15) is 36.4 Å². The number of aliphatic hydroxyl groups excluding tert-OH is 2. The summed E-state index contributed by atoms with van der Waals surface area (Å²) in [4.78, 5) is 144. The molecule has 1 aromatic carbocycles. The molecular weight excluding hydrogens is 1170 g/mol. The average Bonchev–Trinajstić information content (AvgIpc) is 1.61. The molecule has 27 heteroatoms. The first kappa shape index (κ1) is 72.7. The molecule has 6 unspecified atom stereocenters. The van der Waals surface area contributed by atoms with Crippen LogP contribution in [0.4, 0.5) is 15.3 Å². The third-order valence-electron chi connectivity index (χ3n) is 16.1. The third kappa shape index (κ3) is 22.8. The molecule has 0 radical (unpaired) electrons. The van der Waals surface area contributed by atoms with E-state index in [-0.39, 0.29) is 101 Å². The van der Waals surface area contributed by atoms with Gasteiger partial charge in [-0.25, -0.2) is 9.59 Å². The Morgan fingerprint density at radius 1 is 0.867 bits per heavy atom. The van der Waals surface area contributed by atoms with Crippen LogP contribution < -0.4 is 27.0 Å². The van der Waals surface area contributed by atoms with Gasteiger partial charge in [-0.15, -0.1) is 0 Å². The highest BCUT2D eigenvalue weighted by Gasteiger charge is 2.47. The minimum Gasteiger partial charge on any atom is -0.457 e. The number of nitrogens with one attached hydrogen (secondary N) is 4. The number of ether oxygens (including phenoxy) is 5. The first-order valence-corrected chi connectivity index (χ1v) is 30.5. The van der Waals surface area contributed by atoms with Gasteiger partial charge in [0.25, 0.3) is 11.8 Å². The third-order valence-corrected chi connectivity index (χ3v) is 16.1. The van der Waals surface area contributed by atoms with Crippen molar-refractivity contribution in [1.29, 1.82) is 0 Å². The molecule has 0 bridgehead atoms. The number of hydrogen-bond acceptors (Lipinski definition) is 19. The number of esters is 2. The second-order valence-corrected chi connectivity index (χ2v) is 24.0. The lowest BCUT2D eigenvalue weighted by Crippen LogP contribution is -2.55. The van der Waals surface area contributed by atoms with E-state index in [4.69, 9.17) is 29.4 Å². The number of amides is 9. The summed E-state index contributed by atoms with van der Waals surface area (Å²) in [5.74, 6) is -6.42. The van der Waals surface area contributed by atoms with Crippen molar-refractivity contribution in [3.63, 3.8) is 0 Å². The fourth-order valence-electron chi connectivity index (χ4n) is 10.5. The number of rotatable bonds is 27. The Balaban J connectivity index is 1.10. The van der Waals surface area contributed by atoms with E-state index in [1.165, 1.54) is 54.9 Å². The predicted molar refractivity (Wildman–Crippen MR) is 324 cm³/mol. The molecule has 9 N–H and O–H groups in total. The fourth-order valence-corrected chi connectivity index (χ4v) is 10.5. The zero-order valence-corrected chi connectivity index (χ0v) is 52.8. The van der Waals surface area contributed by atoms with Gasteiger partial charge in [0.15, 0.2) is 6.10 Å². The van der Waals surface area contributed by atoms with Gasteiger partial charge in [-0.2, -0.15) is 0 Å². The van der Waals surface area contributed by atoms with E-state index >= 15 is 0 Å². The van der Waals surface area contributed by atoms with Crippen molar-refractivity contribution < 1.29 is 91.7 Å². The van der Waals surface area contributed by atoms with Crippen LogP contribution in [0.1, 0.15) is 132 Å². The van der Waals surface area contributed by atoms with Crippen LogP contribution >= 0.6 is 0 Å². The molecule has 90 heavy (non-hydrogen) atoms. The number of epoxide rings is 1. The van der Waals surface area contributed by atoms with Crippen LogP contribution in [0.5, 0.6) is 0 Å². The smallest absolute Gasteiger partial charge is 0.410 e. The second-order valence-electron chi connectivity index (χ2n) is 24.0. The van der Waals surface area contributed by atoms with E-state index in [0.717, 1.165) is 4.90 Å². The molecule has 2 fully saturated rings. The number of cyclic esters (lactones) is 1. The SMILES string of the molecule is CCC(O)C(C)[C@H]1O[C@@H]1CC(C)(O)/C=C/C=C(\C)[C@H]1OC(=O)C[C@H](O)CC[C@@](C)(OC(C)=O)[C@@H](OC(=O)N2CCN(C(=O)OCc3ccc(NC(=O)C(CC(N)=O)NC(=O)C(C)NC(=O)C(C)NC(=O)CCCCCN4C(=O)C=CC4=O)cc3)CC2)/C=C/[C@@H]1C. The number of carbonyl (C=O) groups is 11. The van der Waals surface area contributed by atoms with Crippen molar-refractivity contribution in [2.24, 2.45) is 17.6 Å². The molecule has 4 aliphatic heterocycles. The minimum absolute atomic E-state index is 0.0139. The topological polar surface area (TPSA) is 382 Å². The summed E-state index contributed by atoms with van der Waals surface area (Å²) in [7, 11) is 0. The monoisotopic (exact) mass is 1260 g/mol. The summed E-state index contributed by atoms with van der Waals surface area (Å²) in [6, 6.07) is 2.42. The van der Waals surface area contributed by atoms with E-state index < -0.39 is 120 Å². The van der Waals surface area contributed by atoms with Gasteiger partial charge in [0.05, 0.1) is 42.9 Å². The highest BCUT2D eigenvalue weighted by atomic mass is 16.6. The van der Waals surface area contributed by atoms with Crippen molar-refractivity contribution in [1.82, 2.24) is 30.7 Å². The van der Waals surface area contributed by atoms with Crippen molar-refractivity contribution in [2.45, 2.75) is 199 Å². The first-order chi connectivity index (χ1) is 42.4. The van der Waals surface area contributed by atoms with Crippen molar-refractivity contribution in [3.8, 4) is 0 Å². The van der Waals surface area contributed by atoms with Crippen LogP contribution in [0.15, 0.2) is 72.4 Å². The molecule has 4 aliphatic rings. The molecule has 0 aliphatic carbocycles. The maximum absolute atomic E-state index is 13.9. The van der Waals surface area contributed by atoms with E-state index in [9.17, 15) is 68.1 Å². The van der Waals surface area contributed by atoms with Crippen LogP contribution in [0.25, 0.3) is 0 Å². The predicted octanol–water partition coefficient (Wildman–Crippen LogP) is 3.03. The Morgan fingerprint density at radius 3 is 2.11 bits per heavy atom. The van der Waals surface area contributed by atoms with Gasteiger partial charge < -0.3 is 75.8 Å². The molecule has 0 spiro atoms. The largest absolute Gasteiger partial charge is 0.457 e. The number of hydrogen-bond donors (Lipinski definition) is 8. The first-order valence-electron chi connectivity index (χ1n) is 30.5. The van der Waals surface area contributed by atoms with Crippen LogP contribution in [-0.2, 0) is 73.4 Å². The zero-order chi connectivity index (χ0) is 66.6. The number of allylic oxidation sites excluding steroid dienone is 2. The molecule has 9 amide bonds. The lowest BCUT2D eigenvalue weighted by atomic mass is 9.88. The second kappa shape index (κ2) is 33.7. The number of benzene rings is 1. The quantitative estimate of drug-likeness (QED) is 0.0119. The number of primary amides is 1. The molecule has 2 saturated heterocycles. The molecule has 5 rings (SSSR count). The number of piperazine rings is 1. The maximum atomic E-state index is 13.9. The number of nitrogens with zero attached hydrogens (tertiary/aromatic N) is 3. The summed E-state index contributed by atoms with van der Waals surface area (Å²) in [5.41, 5.74) is 4.00. The number of imide groups is 1. The summed E-state index contributed by atoms with van der Waals surface area (Å²) >= 11 is 0. The van der Waals surface area contributed by atoms with Crippen LogP contribution in [0.3, 0.4) is 0 Å². The number of unbranched alkanes of at least 4 members (excludes halogenated alkanes) is 2. The molecule has 4 heterocycles. The Labute approximate surface area is 524 Å². The van der Waals surface area contributed by atoms with Crippen molar-refractivity contribution in [2.75, 3.05) is 38.0 Å². The molecule has 0 aromatic heterocycles. The molecule has 1 aromatic rings. The maximum Gasteiger partial charge on any atom is 0.410 e. The normalized spacial score (nSPS) is 25.0. The number of anilines is 1. The lowest BCUT2D eigenvalue weighted by molar-refractivity contribution is -0.168. The number of carbonyl (C=O) groups excluding carboxylic acids is 11. The van der Waals surface area contributed by atoms with Gasteiger partial charge in [-0.05, 0) is 96.1 Å². The lowest BCUT2D eigenvalue weighted by Gasteiger charge is -2.38. The average molecular weight is 1260 g/mol. The van der Waals surface area contributed by atoms with Gasteiger partial charge in [0.2, 0.25) is 29.5 Å². The molecular formula is C63H90N8O19. The summed E-state index contributed by atoms with van der Waals surface area (Å²) in [6.45, 7) is 14.8. The molecule has 13 atom stereocenters. The highest BCUT2D eigenvalue weighted by molar-refractivity contribution is 6.12. The Bertz CT molecular complexity index is 2850. The Hall–Kier alpha value is -8.01. The highest BCUT2D eigenvalue weighted by Crippen LogP contribution is 2.38. The summed E-state index contributed by atoms with van der Waals surface area (Å²) < 4.78 is 29.2. The number of aliphatic hydroxyl groups is 3. The van der Waals surface area contributed by atoms with E-state index in [0.29, 0.717) is 43.2 Å². The molecule has 496 valence electrons. The van der Waals surface area contributed by atoms with Gasteiger partial charge in [-0.1, -0.05) is 63.6 Å². The van der Waals surface area contributed by atoms with Gasteiger partial charge in [-0.3, -0.25) is 48.1 Å². The Kier molecular flexibility index (Phi) is 27.2. The van der Waals surface area contributed by atoms with Crippen LogP contribution in [0.2, 0.25) is 0 Å².